The summed E-state index contributed by atoms with van der Waals surface area (Å²) in [4.78, 5) is 6.43. The highest BCUT2D eigenvalue weighted by atomic mass is 16.3. The van der Waals surface area contributed by atoms with Crippen molar-refractivity contribution in [1.29, 1.82) is 0 Å². The lowest BCUT2D eigenvalue weighted by atomic mass is 10.1. The van der Waals surface area contributed by atoms with Crippen LogP contribution in [0.4, 0.5) is 5.69 Å². The monoisotopic (exact) mass is 309 g/mol. The molecule has 0 spiro atoms. The number of benzene rings is 1. The quantitative estimate of drug-likeness (QED) is 0.748. The maximum Gasteiger partial charge on any atom is 0.159 e. The van der Waals surface area contributed by atoms with E-state index >= 15 is 0 Å². The molecule has 0 bridgehead atoms. The highest BCUT2D eigenvalue weighted by Gasteiger charge is 2.16. The molecule has 2 aromatic heterocycles. The number of aromatic nitrogens is 1. The molecule has 0 fully saturated rings. The van der Waals surface area contributed by atoms with E-state index < -0.39 is 0 Å². The number of aryl methyl sites for hydroxylation is 1. The van der Waals surface area contributed by atoms with Crippen LogP contribution in [0.2, 0.25) is 0 Å². The number of anilines is 1. The van der Waals surface area contributed by atoms with Gasteiger partial charge in [0.15, 0.2) is 5.58 Å². The van der Waals surface area contributed by atoms with Crippen LogP contribution in [-0.4, -0.2) is 17.6 Å². The van der Waals surface area contributed by atoms with Crippen LogP contribution in [-0.2, 0) is 0 Å². The molecule has 0 aliphatic heterocycles. The minimum Gasteiger partial charge on any atom is -0.454 e. The van der Waals surface area contributed by atoms with E-state index in [0.29, 0.717) is 6.04 Å². The maximum atomic E-state index is 6.14. The lowest BCUT2D eigenvalue weighted by Gasteiger charge is -2.21. The summed E-state index contributed by atoms with van der Waals surface area (Å²) in [5.41, 5.74) is 4.11. The number of rotatable bonds is 5. The first-order valence-electron chi connectivity index (χ1n) is 8.07. The first-order chi connectivity index (χ1) is 11.1. The number of hydrogen-bond acceptors (Lipinski definition) is 4. The van der Waals surface area contributed by atoms with Gasteiger partial charge in [-0.2, -0.15) is 0 Å². The predicted molar refractivity (Wildman–Crippen MR) is 96.7 cm³/mol. The van der Waals surface area contributed by atoms with Crippen molar-refractivity contribution in [2.75, 3.05) is 11.4 Å². The van der Waals surface area contributed by atoms with Crippen molar-refractivity contribution >= 4 is 27.6 Å². The number of fused-ring (bicyclic) bond motifs is 3. The number of furan rings is 1. The molecule has 0 radical (unpaired) electrons. The van der Waals surface area contributed by atoms with E-state index in [1.165, 1.54) is 5.56 Å². The molecule has 0 aliphatic rings. The van der Waals surface area contributed by atoms with E-state index in [-0.39, 0.29) is 0 Å². The Kier molecular flexibility index (Phi) is 4.24. The third-order valence-electron chi connectivity index (χ3n) is 3.93. The zero-order valence-electron chi connectivity index (χ0n) is 14.1. The lowest BCUT2D eigenvalue weighted by molar-refractivity contribution is 0.666. The number of pyridine rings is 1. The molecule has 3 rings (SSSR count). The molecule has 0 saturated carbocycles. The zero-order valence-corrected chi connectivity index (χ0v) is 14.1. The van der Waals surface area contributed by atoms with Gasteiger partial charge in [0.05, 0.1) is 5.69 Å². The summed E-state index contributed by atoms with van der Waals surface area (Å²) in [6.45, 7) is 9.37. The molecule has 3 aromatic rings. The van der Waals surface area contributed by atoms with Crippen molar-refractivity contribution < 1.29 is 4.42 Å². The summed E-state index contributed by atoms with van der Waals surface area (Å²) < 4.78 is 6.14. The molecule has 23 heavy (non-hydrogen) atoms. The van der Waals surface area contributed by atoms with Gasteiger partial charge in [-0.3, -0.25) is 4.98 Å². The highest BCUT2D eigenvalue weighted by Crippen LogP contribution is 2.37. The second-order valence-corrected chi connectivity index (χ2v) is 6.00. The molecule has 0 atom stereocenters. The van der Waals surface area contributed by atoms with E-state index in [2.05, 4.69) is 61.2 Å². The summed E-state index contributed by atoms with van der Waals surface area (Å²) in [6.07, 6.45) is 7.71. The average Bonchev–Trinajstić information content (AvgIpc) is 2.90. The van der Waals surface area contributed by atoms with E-state index in [1.807, 2.05) is 18.5 Å². The predicted octanol–water partition coefficient (Wildman–Crippen LogP) is 4.58. The fraction of sp³-hybridized carbons (Fsp3) is 0.316. The third-order valence-corrected chi connectivity index (χ3v) is 3.93. The Hall–Kier alpha value is -2.49. The first-order valence-corrected chi connectivity index (χ1v) is 8.07. The molecule has 4 nitrogen and oxygen atoms in total. The second-order valence-electron chi connectivity index (χ2n) is 6.00. The largest absolute Gasteiger partial charge is 0.454 e. The van der Waals surface area contributed by atoms with Crippen LogP contribution < -0.4 is 10.2 Å². The van der Waals surface area contributed by atoms with Crippen LogP contribution >= 0.6 is 0 Å². The summed E-state index contributed by atoms with van der Waals surface area (Å²) >= 11 is 0. The van der Waals surface area contributed by atoms with Crippen LogP contribution in [0.15, 0.2) is 47.4 Å². The molecular weight excluding hydrogens is 286 g/mol. The van der Waals surface area contributed by atoms with Gasteiger partial charge in [-0.1, -0.05) is 12.1 Å². The average molecular weight is 309 g/mol. The molecule has 0 saturated heterocycles. The molecule has 120 valence electrons. The van der Waals surface area contributed by atoms with E-state index in [9.17, 15) is 0 Å². The Labute approximate surface area is 136 Å². The Bertz CT molecular complexity index is 848. The van der Waals surface area contributed by atoms with Gasteiger partial charge in [-0.05, 0) is 39.3 Å². The minimum absolute atomic E-state index is 0.416. The molecule has 0 aliphatic carbocycles. The molecule has 1 aromatic carbocycles. The van der Waals surface area contributed by atoms with Gasteiger partial charge < -0.3 is 14.6 Å². The fourth-order valence-electron chi connectivity index (χ4n) is 2.79. The number of nitrogens with zero attached hydrogens (tertiary/aromatic N) is 2. The summed E-state index contributed by atoms with van der Waals surface area (Å²) in [5, 5.41) is 5.48. The maximum absolute atomic E-state index is 6.14. The van der Waals surface area contributed by atoms with Gasteiger partial charge in [0.2, 0.25) is 0 Å². The second kappa shape index (κ2) is 6.32. The molecule has 4 heteroatoms. The number of hydrogen-bond donors (Lipinski definition) is 1. The fourth-order valence-corrected chi connectivity index (χ4v) is 2.79. The topological polar surface area (TPSA) is 41.3 Å². The first kappa shape index (κ1) is 15.4. The van der Waals surface area contributed by atoms with Gasteiger partial charge in [0.1, 0.15) is 5.58 Å². The molecular formula is C19H23N3O. The SMILES string of the molecule is CCN(/C=C\NC(C)C)c1c(C)ccc2c1oc1ccncc12. The highest BCUT2D eigenvalue weighted by molar-refractivity contribution is 6.09. The van der Waals surface area contributed by atoms with Gasteiger partial charge in [0.25, 0.3) is 0 Å². The zero-order chi connectivity index (χ0) is 16.4. The number of nitrogens with one attached hydrogen (secondary N) is 1. The van der Waals surface area contributed by atoms with Crippen LogP contribution in [0.3, 0.4) is 0 Å². The Morgan fingerprint density at radius 2 is 2.09 bits per heavy atom. The van der Waals surface area contributed by atoms with Crippen molar-refractivity contribution in [2.45, 2.75) is 33.7 Å². The normalized spacial score (nSPS) is 11.9. The third kappa shape index (κ3) is 2.89. The van der Waals surface area contributed by atoms with Crippen molar-refractivity contribution in [3.05, 3.63) is 48.6 Å². The molecule has 1 N–H and O–H groups in total. The molecule has 2 heterocycles. The van der Waals surface area contributed by atoms with Gasteiger partial charge in [0, 0.05) is 48.2 Å². The van der Waals surface area contributed by atoms with Gasteiger partial charge >= 0.3 is 0 Å². The van der Waals surface area contributed by atoms with Crippen LogP contribution in [0.1, 0.15) is 26.3 Å². The summed E-state index contributed by atoms with van der Waals surface area (Å²) in [5.74, 6) is 0. The van der Waals surface area contributed by atoms with E-state index in [0.717, 1.165) is 34.2 Å². The molecule has 0 unspecified atom stereocenters. The standard InChI is InChI=1S/C19H23N3O/c1-5-22(11-10-21-13(2)3)18-14(4)6-7-15-16-12-20-9-8-17(16)23-19(15)18/h6-13,21H,5H2,1-4H3/b11-10-. The van der Waals surface area contributed by atoms with Crippen molar-refractivity contribution in [2.24, 2.45) is 0 Å². The van der Waals surface area contributed by atoms with Crippen LogP contribution in [0.25, 0.3) is 21.9 Å². The Morgan fingerprint density at radius 3 is 2.83 bits per heavy atom. The summed E-state index contributed by atoms with van der Waals surface area (Å²) in [6, 6.07) is 6.59. The van der Waals surface area contributed by atoms with Crippen molar-refractivity contribution in [1.82, 2.24) is 10.3 Å². The Balaban J connectivity index is 2.14. The Morgan fingerprint density at radius 1 is 1.26 bits per heavy atom. The van der Waals surface area contributed by atoms with E-state index in [1.54, 1.807) is 6.20 Å². The van der Waals surface area contributed by atoms with Crippen molar-refractivity contribution in [3.8, 4) is 0 Å². The van der Waals surface area contributed by atoms with Gasteiger partial charge in [-0.25, -0.2) is 0 Å². The molecule has 0 amide bonds. The van der Waals surface area contributed by atoms with Gasteiger partial charge in [-0.15, -0.1) is 0 Å². The van der Waals surface area contributed by atoms with Crippen LogP contribution in [0.5, 0.6) is 0 Å². The lowest BCUT2D eigenvalue weighted by Crippen LogP contribution is -2.20. The smallest absolute Gasteiger partial charge is 0.159 e. The summed E-state index contributed by atoms with van der Waals surface area (Å²) in [7, 11) is 0. The minimum atomic E-state index is 0.416. The van der Waals surface area contributed by atoms with Crippen molar-refractivity contribution in [3.63, 3.8) is 0 Å². The van der Waals surface area contributed by atoms with E-state index in [4.69, 9.17) is 4.42 Å². The van der Waals surface area contributed by atoms with Crippen LogP contribution in [0, 0.1) is 6.92 Å².